The molecule has 2 nitrogen and oxygen atoms in total. The van der Waals surface area contributed by atoms with Crippen molar-refractivity contribution in [2.45, 2.75) is 39.7 Å². The Kier molecular flexibility index (Phi) is 7.54. The fourth-order valence-electron chi connectivity index (χ4n) is 1.28. The molecule has 0 heterocycles. The van der Waals surface area contributed by atoms with Crippen molar-refractivity contribution >= 4 is 5.71 Å². The molecule has 3 heteroatoms. The molecule has 0 aromatic carbocycles. The number of hydrogen-bond acceptors (Lipinski definition) is 2. The van der Waals surface area contributed by atoms with E-state index in [1.54, 1.807) is 7.05 Å². The zero-order chi connectivity index (χ0) is 9.07. The van der Waals surface area contributed by atoms with Gasteiger partial charge in [0.05, 0.1) is 0 Å². The van der Waals surface area contributed by atoms with E-state index in [4.69, 9.17) is 0 Å². The second-order valence-corrected chi connectivity index (χ2v) is 3.24. The quantitative estimate of drug-likeness (QED) is 0.696. The number of rotatable bonds is 3. The van der Waals surface area contributed by atoms with Gasteiger partial charge in [-0.2, -0.15) is 0 Å². The van der Waals surface area contributed by atoms with Crippen molar-refractivity contribution in [3.8, 4) is 0 Å². The summed E-state index contributed by atoms with van der Waals surface area (Å²) in [6.07, 6.45) is 0.730. The van der Waals surface area contributed by atoms with Gasteiger partial charge in [-0.1, -0.05) is 20.8 Å². The minimum absolute atomic E-state index is 0. The van der Waals surface area contributed by atoms with Crippen LogP contribution < -0.4 is 0 Å². The number of nitrogens with zero attached hydrogens (tertiary/aromatic N) is 1. The van der Waals surface area contributed by atoms with Gasteiger partial charge in [0.2, 0.25) is 0 Å². The van der Waals surface area contributed by atoms with Crippen LogP contribution in [0, 0.1) is 5.92 Å². The summed E-state index contributed by atoms with van der Waals surface area (Å²) in [5.41, 5.74) is 0.129. The summed E-state index contributed by atoms with van der Waals surface area (Å²) in [4.78, 5) is 4.02. The molecular formula is C9H19NOSc. The van der Waals surface area contributed by atoms with E-state index in [2.05, 4.69) is 4.99 Å². The molecule has 0 spiro atoms. The summed E-state index contributed by atoms with van der Waals surface area (Å²) in [5.74, 6) is 0.233. The van der Waals surface area contributed by atoms with Crippen LogP contribution in [-0.2, 0) is 25.8 Å². The van der Waals surface area contributed by atoms with E-state index in [0.29, 0.717) is 0 Å². The third-order valence-electron chi connectivity index (χ3n) is 2.46. The molecule has 0 saturated carbocycles. The summed E-state index contributed by atoms with van der Waals surface area (Å²) < 4.78 is 0. The van der Waals surface area contributed by atoms with E-state index in [1.165, 1.54) is 0 Å². The van der Waals surface area contributed by atoms with Crippen molar-refractivity contribution in [1.82, 2.24) is 0 Å². The molecule has 1 atom stereocenters. The third kappa shape index (κ3) is 3.09. The van der Waals surface area contributed by atoms with Gasteiger partial charge in [-0.25, -0.2) is 0 Å². The summed E-state index contributed by atoms with van der Waals surface area (Å²) in [5, 5.41) is 10.0. The van der Waals surface area contributed by atoms with E-state index in [1.807, 2.05) is 27.7 Å². The maximum Gasteiger partial charge on any atom is 0.104 e. The van der Waals surface area contributed by atoms with Gasteiger partial charge in [-0.15, -0.1) is 0 Å². The normalized spacial score (nSPS) is 17.1. The van der Waals surface area contributed by atoms with Crippen LogP contribution in [0.1, 0.15) is 34.1 Å². The Morgan fingerprint density at radius 1 is 1.50 bits per heavy atom. The van der Waals surface area contributed by atoms with Crippen LogP contribution >= 0.6 is 0 Å². The van der Waals surface area contributed by atoms with E-state index < -0.39 is 5.60 Å². The largest absolute Gasteiger partial charge is 0.384 e. The zero-order valence-electron chi connectivity index (χ0n) is 8.76. The molecule has 0 saturated heterocycles. The van der Waals surface area contributed by atoms with Gasteiger partial charge in [0.1, 0.15) is 5.60 Å². The molecule has 69 valence electrons. The molecule has 1 unspecified atom stereocenters. The van der Waals surface area contributed by atoms with Crippen LogP contribution in [0.25, 0.3) is 0 Å². The van der Waals surface area contributed by atoms with E-state index >= 15 is 0 Å². The molecule has 12 heavy (non-hydrogen) atoms. The fourth-order valence-corrected chi connectivity index (χ4v) is 1.28. The minimum Gasteiger partial charge on any atom is -0.384 e. The first-order valence-corrected chi connectivity index (χ1v) is 4.15. The van der Waals surface area contributed by atoms with Crippen molar-refractivity contribution in [3.63, 3.8) is 0 Å². The van der Waals surface area contributed by atoms with Crippen LogP contribution in [-0.4, -0.2) is 23.5 Å². The molecule has 0 rings (SSSR count). The van der Waals surface area contributed by atoms with E-state index in [-0.39, 0.29) is 31.8 Å². The Morgan fingerprint density at radius 2 is 1.92 bits per heavy atom. The standard InChI is InChI=1S/C9H19NO.Sc/c1-6-9(11,7(2)3)8(4)10-5;/h7,11H,6H2,1-5H3;. The Hall–Kier alpha value is 0.500. The molecule has 0 fully saturated rings. The Labute approximate surface area is 94.3 Å². The first kappa shape index (κ1) is 15.0. The molecule has 0 aromatic rings. The Balaban J connectivity index is 0. The van der Waals surface area contributed by atoms with Gasteiger partial charge in [0.15, 0.2) is 0 Å². The summed E-state index contributed by atoms with van der Waals surface area (Å²) >= 11 is 0. The van der Waals surface area contributed by atoms with Crippen LogP contribution in [0.2, 0.25) is 0 Å². The molecule has 0 amide bonds. The molecular weight excluding hydrogens is 183 g/mol. The fraction of sp³-hybridized carbons (Fsp3) is 0.889. The molecule has 1 N–H and O–H groups in total. The monoisotopic (exact) mass is 202 g/mol. The van der Waals surface area contributed by atoms with Crippen molar-refractivity contribution in [2.24, 2.45) is 10.9 Å². The van der Waals surface area contributed by atoms with Gasteiger partial charge in [-0.3, -0.25) is 4.99 Å². The first-order chi connectivity index (χ1) is 4.99. The SMILES string of the molecule is CCC(O)(C(C)=NC)C(C)C.[Sc]. The van der Waals surface area contributed by atoms with Gasteiger partial charge >= 0.3 is 0 Å². The predicted molar refractivity (Wildman–Crippen MR) is 49.1 cm³/mol. The van der Waals surface area contributed by atoms with Gasteiger partial charge in [0.25, 0.3) is 0 Å². The van der Waals surface area contributed by atoms with E-state index in [9.17, 15) is 5.11 Å². The van der Waals surface area contributed by atoms with Crippen molar-refractivity contribution in [1.29, 1.82) is 0 Å². The van der Waals surface area contributed by atoms with Gasteiger partial charge in [-0.05, 0) is 19.3 Å². The second kappa shape index (κ2) is 6.03. The first-order valence-electron chi connectivity index (χ1n) is 4.15. The minimum atomic E-state index is -0.700. The second-order valence-electron chi connectivity index (χ2n) is 3.24. The van der Waals surface area contributed by atoms with Crippen LogP contribution in [0.15, 0.2) is 4.99 Å². The maximum atomic E-state index is 10.0. The summed E-state index contributed by atoms with van der Waals surface area (Å²) in [7, 11) is 1.72. The van der Waals surface area contributed by atoms with Crippen LogP contribution in [0.3, 0.4) is 0 Å². The average Bonchev–Trinajstić information content (AvgIpc) is 2.01. The van der Waals surface area contributed by atoms with Crippen molar-refractivity contribution in [3.05, 3.63) is 0 Å². The van der Waals surface area contributed by atoms with Crippen LogP contribution in [0.5, 0.6) is 0 Å². The molecule has 0 aromatic heterocycles. The Morgan fingerprint density at radius 3 is 2.00 bits per heavy atom. The predicted octanol–water partition coefficient (Wildman–Crippen LogP) is 1.87. The van der Waals surface area contributed by atoms with Crippen molar-refractivity contribution < 1.29 is 30.9 Å². The molecule has 0 aliphatic heterocycles. The molecule has 1 radical (unpaired) electrons. The number of hydrogen-bond donors (Lipinski definition) is 1. The number of aliphatic hydroxyl groups is 1. The summed E-state index contributed by atoms with van der Waals surface area (Å²) in [6, 6.07) is 0. The summed E-state index contributed by atoms with van der Waals surface area (Å²) in [6.45, 7) is 7.88. The smallest absolute Gasteiger partial charge is 0.104 e. The van der Waals surface area contributed by atoms with Gasteiger partial charge in [0, 0.05) is 38.6 Å². The molecule has 0 aliphatic carbocycles. The third-order valence-corrected chi connectivity index (χ3v) is 2.46. The van der Waals surface area contributed by atoms with Crippen LogP contribution in [0.4, 0.5) is 0 Å². The van der Waals surface area contributed by atoms with E-state index in [0.717, 1.165) is 12.1 Å². The van der Waals surface area contributed by atoms with Crippen molar-refractivity contribution in [2.75, 3.05) is 7.05 Å². The molecule has 0 bridgehead atoms. The molecule has 0 aliphatic rings. The number of aliphatic imine (C=N–C) groups is 1. The zero-order valence-corrected chi connectivity index (χ0v) is 10.6. The Bertz CT molecular complexity index is 157. The average molecular weight is 202 g/mol. The maximum absolute atomic E-state index is 10.0. The van der Waals surface area contributed by atoms with Gasteiger partial charge < -0.3 is 5.11 Å². The topological polar surface area (TPSA) is 32.6 Å².